The molecule has 0 saturated carbocycles. The van der Waals surface area contributed by atoms with Crippen molar-refractivity contribution in [1.29, 1.82) is 0 Å². The number of pyridine rings is 1. The van der Waals surface area contributed by atoms with Crippen LogP contribution in [-0.2, 0) is 14.4 Å². The predicted octanol–water partition coefficient (Wildman–Crippen LogP) is 1.85. The van der Waals surface area contributed by atoms with Gasteiger partial charge in [-0.25, -0.2) is 10.0 Å². The standard InChI is InChI=1S/C14H17FN2O3/c1-14(5-7-19-9-14)13(18)17-11(4-6-20-17)10-2-3-12(15)16-8-10/h2-3,8,11H,4-7,9H2,1H3/t11-,14?/m0/s1. The van der Waals surface area contributed by atoms with Crippen LogP contribution < -0.4 is 0 Å². The van der Waals surface area contributed by atoms with Crippen molar-refractivity contribution in [3.8, 4) is 0 Å². The lowest BCUT2D eigenvalue weighted by atomic mass is 9.88. The Morgan fingerprint density at radius 3 is 3.00 bits per heavy atom. The molecule has 0 N–H and O–H groups in total. The monoisotopic (exact) mass is 280 g/mol. The highest BCUT2D eigenvalue weighted by Crippen LogP contribution is 2.37. The Kier molecular flexibility index (Phi) is 3.43. The molecule has 2 saturated heterocycles. The Morgan fingerprint density at radius 2 is 2.35 bits per heavy atom. The van der Waals surface area contributed by atoms with Gasteiger partial charge < -0.3 is 4.74 Å². The van der Waals surface area contributed by atoms with Crippen LogP contribution in [-0.4, -0.2) is 35.8 Å². The second-order valence-electron chi connectivity index (χ2n) is 5.55. The Bertz CT molecular complexity index is 500. The molecule has 1 unspecified atom stereocenters. The summed E-state index contributed by atoms with van der Waals surface area (Å²) in [6.07, 6.45) is 2.85. The van der Waals surface area contributed by atoms with Gasteiger partial charge in [0.1, 0.15) is 0 Å². The summed E-state index contributed by atoms with van der Waals surface area (Å²) < 4.78 is 18.2. The van der Waals surface area contributed by atoms with Crippen LogP contribution in [0.5, 0.6) is 0 Å². The molecule has 2 aliphatic rings. The maximum Gasteiger partial charge on any atom is 0.255 e. The van der Waals surface area contributed by atoms with E-state index in [9.17, 15) is 9.18 Å². The molecule has 1 aromatic rings. The zero-order valence-electron chi connectivity index (χ0n) is 11.3. The number of amides is 1. The maximum absolute atomic E-state index is 12.9. The molecule has 0 aromatic carbocycles. The Morgan fingerprint density at radius 1 is 1.50 bits per heavy atom. The highest BCUT2D eigenvalue weighted by molar-refractivity contribution is 5.82. The van der Waals surface area contributed by atoms with E-state index in [0.29, 0.717) is 32.7 Å². The second kappa shape index (κ2) is 5.10. The predicted molar refractivity (Wildman–Crippen MR) is 67.9 cm³/mol. The lowest BCUT2D eigenvalue weighted by molar-refractivity contribution is -0.187. The van der Waals surface area contributed by atoms with Crippen LogP contribution in [0.2, 0.25) is 0 Å². The highest BCUT2D eigenvalue weighted by atomic mass is 19.1. The molecule has 6 heteroatoms. The first kappa shape index (κ1) is 13.5. The van der Waals surface area contributed by atoms with Gasteiger partial charge in [0, 0.05) is 19.2 Å². The van der Waals surface area contributed by atoms with Crippen LogP contribution in [0.4, 0.5) is 4.39 Å². The molecule has 5 nitrogen and oxygen atoms in total. The topological polar surface area (TPSA) is 51.7 Å². The number of ether oxygens (including phenoxy) is 1. The van der Waals surface area contributed by atoms with Crippen molar-refractivity contribution < 1.29 is 18.8 Å². The van der Waals surface area contributed by atoms with Gasteiger partial charge in [-0.2, -0.15) is 4.39 Å². The van der Waals surface area contributed by atoms with Crippen LogP contribution in [0.1, 0.15) is 31.4 Å². The van der Waals surface area contributed by atoms with E-state index >= 15 is 0 Å². The molecule has 3 heterocycles. The minimum Gasteiger partial charge on any atom is -0.380 e. The van der Waals surface area contributed by atoms with Crippen LogP contribution >= 0.6 is 0 Å². The third-order valence-electron chi connectivity index (χ3n) is 3.98. The van der Waals surface area contributed by atoms with Gasteiger partial charge in [0.2, 0.25) is 5.95 Å². The van der Waals surface area contributed by atoms with E-state index in [1.807, 2.05) is 6.92 Å². The van der Waals surface area contributed by atoms with Crippen molar-refractivity contribution in [2.24, 2.45) is 5.41 Å². The number of rotatable bonds is 2. The van der Waals surface area contributed by atoms with E-state index in [-0.39, 0.29) is 11.9 Å². The number of hydrogen-bond acceptors (Lipinski definition) is 4. The van der Waals surface area contributed by atoms with Crippen LogP contribution in [0.15, 0.2) is 18.3 Å². The largest absolute Gasteiger partial charge is 0.380 e. The number of halogens is 1. The molecular weight excluding hydrogens is 263 g/mol. The summed E-state index contributed by atoms with van der Waals surface area (Å²) in [6.45, 7) is 3.38. The third-order valence-corrected chi connectivity index (χ3v) is 3.98. The van der Waals surface area contributed by atoms with Crippen molar-refractivity contribution in [3.05, 3.63) is 29.8 Å². The van der Waals surface area contributed by atoms with Crippen molar-refractivity contribution in [3.63, 3.8) is 0 Å². The quantitative estimate of drug-likeness (QED) is 0.776. The Balaban J connectivity index is 1.81. The van der Waals surface area contributed by atoms with Gasteiger partial charge in [-0.1, -0.05) is 6.07 Å². The first-order chi connectivity index (χ1) is 9.60. The average Bonchev–Trinajstić information content (AvgIpc) is 3.08. The van der Waals surface area contributed by atoms with Crippen molar-refractivity contribution >= 4 is 5.91 Å². The van der Waals surface area contributed by atoms with Crippen LogP contribution in [0, 0.1) is 11.4 Å². The fourth-order valence-corrected chi connectivity index (χ4v) is 2.66. The van der Waals surface area contributed by atoms with Gasteiger partial charge in [-0.05, 0) is 25.0 Å². The first-order valence-corrected chi connectivity index (χ1v) is 6.76. The van der Waals surface area contributed by atoms with E-state index < -0.39 is 11.4 Å². The van der Waals surface area contributed by atoms with Crippen LogP contribution in [0.3, 0.4) is 0 Å². The molecule has 2 atom stereocenters. The van der Waals surface area contributed by atoms with E-state index in [0.717, 1.165) is 5.56 Å². The summed E-state index contributed by atoms with van der Waals surface area (Å²) in [5.41, 5.74) is 0.260. The molecule has 3 rings (SSSR count). The summed E-state index contributed by atoms with van der Waals surface area (Å²) in [4.78, 5) is 21.8. The first-order valence-electron chi connectivity index (χ1n) is 6.76. The van der Waals surface area contributed by atoms with Gasteiger partial charge in [-0.3, -0.25) is 9.63 Å². The van der Waals surface area contributed by atoms with Crippen LogP contribution in [0.25, 0.3) is 0 Å². The molecule has 1 aromatic heterocycles. The number of carbonyl (C=O) groups is 1. The highest BCUT2D eigenvalue weighted by Gasteiger charge is 2.45. The zero-order valence-corrected chi connectivity index (χ0v) is 11.3. The average molecular weight is 280 g/mol. The minimum atomic E-state index is -0.532. The summed E-state index contributed by atoms with van der Waals surface area (Å²) in [5, 5.41) is 1.42. The fourth-order valence-electron chi connectivity index (χ4n) is 2.66. The fraction of sp³-hybridized carbons (Fsp3) is 0.571. The van der Waals surface area contributed by atoms with Crippen molar-refractivity contribution in [2.45, 2.75) is 25.8 Å². The van der Waals surface area contributed by atoms with E-state index in [1.54, 1.807) is 6.07 Å². The number of hydroxylamine groups is 2. The molecule has 0 spiro atoms. The number of aromatic nitrogens is 1. The number of hydrogen-bond donors (Lipinski definition) is 0. The van der Waals surface area contributed by atoms with Gasteiger partial charge in [-0.15, -0.1) is 0 Å². The molecule has 2 aliphatic heterocycles. The maximum atomic E-state index is 12.9. The van der Waals surface area contributed by atoms with Gasteiger partial charge >= 0.3 is 0 Å². The van der Waals surface area contributed by atoms with Gasteiger partial charge in [0.25, 0.3) is 5.91 Å². The lowest BCUT2D eigenvalue weighted by Crippen LogP contribution is -2.41. The zero-order chi connectivity index (χ0) is 14.2. The summed E-state index contributed by atoms with van der Waals surface area (Å²) >= 11 is 0. The number of nitrogens with zero attached hydrogens (tertiary/aromatic N) is 2. The summed E-state index contributed by atoms with van der Waals surface area (Å²) in [5.74, 6) is -0.594. The van der Waals surface area contributed by atoms with Crippen molar-refractivity contribution in [1.82, 2.24) is 10.0 Å². The van der Waals surface area contributed by atoms with Gasteiger partial charge in [0.15, 0.2) is 0 Å². The normalized spacial score (nSPS) is 29.9. The van der Waals surface area contributed by atoms with Gasteiger partial charge in [0.05, 0.1) is 24.7 Å². The van der Waals surface area contributed by atoms with Crippen molar-refractivity contribution in [2.75, 3.05) is 19.8 Å². The lowest BCUT2D eigenvalue weighted by Gasteiger charge is -2.30. The SMILES string of the molecule is CC1(C(=O)N2OCC[C@H]2c2ccc(F)nc2)CCOC1. The molecular formula is C14H17FN2O3. The van der Waals surface area contributed by atoms with E-state index in [4.69, 9.17) is 9.57 Å². The molecule has 2 fully saturated rings. The molecule has 108 valence electrons. The minimum absolute atomic E-state index is 0.0678. The van der Waals surface area contributed by atoms with E-state index in [1.165, 1.54) is 17.3 Å². The molecule has 20 heavy (non-hydrogen) atoms. The molecule has 1 amide bonds. The third kappa shape index (κ3) is 2.29. The molecule has 0 radical (unpaired) electrons. The second-order valence-corrected chi connectivity index (χ2v) is 5.55. The Hall–Kier alpha value is -1.53. The van der Waals surface area contributed by atoms with E-state index in [2.05, 4.69) is 4.98 Å². The molecule has 0 aliphatic carbocycles. The number of carbonyl (C=O) groups excluding carboxylic acids is 1. The smallest absolute Gasteiger partial charge is 0.255 e. The summed E-state index contributed by atoms with van der Waals surface area (Å²) in [6, 6.07) is 2.75. The molecule has 0 bridgehead atoms. The Labute approximate surface area is 116 Å². The summed E-state index contributed by atoms with van der Waals surface area (Å²) in [7, 11) is 0.